The number of aryl methyl sites for hydroxylation is 2. The van der Waals surface area contributed by atoms with Gasteiger partial charge in [0.2, 0.25) is 0 Å². The summed E-state index contributed by atoms with van der Waals surface area (Å²) >= 11 is 3.44. The number of nitrogens with zero attached hydrogens (tertiary/aromatic N) is 1. The van der Waals surface area contributed by atoms with Crippen LogP contribution in [0.3, 0.4) is 0 Å². The van der Waals surface area contributed by atoms with Crippen molar-refractivity contribution >= 4 is 27.0 Å². The first-order chi connectivity index (χ1) is 9.97. The topological polar surface area (TPSA) is 55.4 Å². The Morgan fingerprint density at radius 2 is 1.86 bits per heavy atom. The predicted octanol–water partition coefficient (Wildman–Crippen LogP) is 3.28. The van der Waals surface area contributed by atoms with E-state index in [1.807, 2.05) is 25.1 Å². The van der Waals surface area contributed by atoms with Crippen molar-refractivity contribution in [3.05, 3.63) is 68.1 Å². The van der Waals surface area contributed by atoms with Crippen molar-refractivity contribution in [2.45, 2.75) is 13.0 Å². The summed E-state index contributed by atoms with van der Waals surface area (Å²) in [6, 6.07) is 11.0. The normalized spacial score (nSPS) is 12.8. The third kappa shape index (κ3) is 2.43. The molecule has 0 saturated heterocycles. The molecule has 0 fully saturated rings. The highest BCUT2D eigenvalue weighted by Crippen LogP contribution is 2.27. The SMILES string of the molecule is Cc1cc(C(O)c2ccc3c(c2)oc(=O)n3C)ccc1Br. The first kappa shape index (κ1) is 14.1. The molecule has 1 aromatic heterocycles. The average molecular weight is 348 g/mol. The van der Waals surface area contributed by atoms with Gasteiger partial charge in [-0.05, 0) is 41.8 Å². The number of hydrogen-bond acceptors (Lipinski definition) is 3. The summed E-state index contributed by atoms with van der Waals surface area (Å²) in [4.78, 5) is 11.5. The predicted molar refractivity (Wildman–Crippen MR) is 84.4 cm³/mol. The van der Waals surface area contributed by atoms with Gasteiger partial charge in [0.25, 0.3) is 0 Å². The summed E-state index contributed by atoms with van der Waals surface area (Å²) in [6.45, 7) is 1.97. The van der Waals surface area contributed by atoms with E-state index in [2.05, 4.69) is 15.9 Å². The summed E-state index contributed by atoms with van der Waals surface area (Å²) in [5.41, 5.74) is 3.74. The van der Waals surface area contributed by atoms with Gasteiger partial charge in [-0.15, -0.1) is 0 Å². The van der Waals surface area contributed by atoms with Crippen molar-refractivity contribution in [2.24, 2.45) is 7.05 Å². The number of aliphatic hydroxyl groups is 1. The molecule has 4 nitrogen and oxygen atoms in total. The standard InChI is InChI=1S/C16H14BrNO3/c1-9-7-10(3-5-12(9)17)15(19)11-4-6-13-14(8-11)21-16(20)18(13)2/h3-8,15,19H,1-2H3. The van der Waals surface area contributed by atoms with Gasteiger partial charge in [-0.3, -0.25) is 4.57 Å². The van der Waals surface area contributed by atoms with Gasteiger partial charge in [0.05, 0.1) is 5.52 Å². The van der Waals surface area contributed by atoms with Crippen LogP contribution in [-0.4, -0.2) is 9.67 Å². The van der Waals surface area contributed by atoms with Crippen molar-refractivity contribution < 1.29 is 9.52 Å². The van der Waals surface area contributed by atoms with Crippen LogP contribution in [0.4, 0.5) is 0 Å². The average Bonchev–Trinajstić information content (AvgIpc) is 2.76. The minimum Gasteiger partial charge on any atom is -0.408 e. The summed E-state index contributed by atoms with van der Waals surface area (Å²) in [5, 5.41) is 10.5. The van der Waals surface area contributed by atoms with E-state index in [1.54, 1.807) is 25.2 Å². The molecule has 108 valence electrons. The number of oxazole rings is 1. The van der Waals surface area contributed by atoms with Gasteiger partial charge in [-0.25, -0.2) is 4.79 Å². The molecule has 0 radical (unpaired) electrons. The molecule has 0 aliphatic carbocycles. The molecule has 3 rings (SSSR count). The monoisotopic (exact) mass is 347 g/mol. The molecule has 3 aromatic rings. The maximum absolute atomic E-state index is 11.5. The lowest BCUT2D eigenvalue weighted by Gasteiger charge is -2.12. The Hall–Kier alpha value is -1.85. The van der Waals surface area contributed by atoms with E-state index in [0.717, 1.165) is 15.6 Å². The highest BCUT2D eigenvalue weighted by Gasteiger charge is 2.14. The second-order valence-corrected chi connectivity index (χ2v) is 5.92. The molecule has 0 aliphatic heterocycles. The van der Waals surface area contributed by atoms with Crippen LogP contribution in [0.5, 0.6) is 0 Å². The van der Waals surface area contributed by atoms with E-state index < -0.39 is 11.9 Å². The molecule has 21 heavy (non-hydrogen) atoms. The maximum atomic E-state index is 11.5. The molecule has 0 bridgehead atoms. The van der Waals surface area contributed by atoms with E-state index in [1.165, 1.54) is 4.57 Å². The van der Waals surface area contributed by atoms with Crippen LogP contribution in [-0.2, 0) is 7.05 Å². The van der Waals surface area contributed by atoms with Crippen molar-refractivity contribution in [2.75, 3.05) is 0 Å². The zero-order valence-corrected chi connectivity index (χ0v) is 13.2. The van der Waals surface area contributed by atoms with E-state index in [0.29, 0.717) is 16.7 Å². The largest absolute Gasteiger partial charge is 0.419 e. The first-order valence-corrected chi connectivity index (χ1v) is 7.30. The third-order valence-electron chi connectivity index (χ3n) is 3.63. The smallest absolute Gasteiger partial charge is 0.408 e. The van der Waals surface area contributed by atoms with Crippen LogP contribution < -0.4 is 5.76 Å². The van der Waals surface area contributed by atoms with Gasteiger partial charge in [0, 0.05) is 11.5 Å². The highest BCUT2D eigenvalue weighted by molar-refractivity contribution is 9.10. The van der Waals surface area contributed by atoms with Crippen molar-refractivity contribution in [3.63, 3.8) is 0 Å². The van der Waals surface area contributed by atoms with Crippen LogP contribution >= 0.6 is 15.9 Å². The lowest BCUT2D eigenvalue weighted by atomic mass is 10.00. The van der Waals surface area contributed by atoms with Gasteiger partial charge in [0.1, 0.15) is 6.10 Å². The Balaban J connectivity index is 2.06. The van der Waals surface area contributed by atoms with Crippen molar-refractivity contribution in [1.82, 2.24) is 4.57 Å². The highest BCUT2D eigenvalue weighted by atomic mass is 79.9. The molecule has 0 amide bonds. The Morgan fingerprint density at radius 1 is 1.19 bits per heavy atom. The van der Waals surface area contributed by atoms with Crippen LogP contribution in [0.2, 0.25) is 0 Å². The minimum atomic E-state index is -0.758. The fraction of sp³-hybridized carbons (Fsp3) is 0.188. The van der Waals surface area contributed by atoms with Gasteiger partial charge < -0.3 is 9.52 Å². The van der Waals surface area contributed by atoms with Crippen LogP contribution in [0, 0.1) is 6.92 Å². The van der Waals surface area contributed by atoms with Gasteiger partial charge in [-0.2, -0.15) is 0 Å². The van der Waals surface area contributed by atoms with E-state index in [9.17, 15) is 9.90 Å². The zero-order chi connectivity index (χ0) is 15.1. The zero-order valence-electron chi connectivity index (χ0n) is 11.6. The maximum Gasteiger partial charge on any atom is 0.419 e. The molecular formula is C16H14BrNO3. The number of rotatable bonds is 2. The van der Waals surface area contributed by atoms with Crippen LogP contribution in [0.1, 0.15) is 22.8 Å². The Bertz CT molecular complexity index is 879. The molecular weight excluding hydrogens is 334 g/mol. The van der Waals surface area contributed by atoms with Crippen molar-refractivity contribution in [3.8, 4) is 0 Å². The quantitative estimate of drug-likeness (QED) is 0.773. The molecule has 0 saturated carbocycles. The summed E-state index contributed by atoms with van der Waals surface area (Å²) in [6.07, 6.45) is -0.758. The van der Waals surface area contributed by atoms with E-state index in [4.69, 9.17) is 4.42 Å². The van der Waals surface area contributed by atoms with Crippen LogP contribution in [0.25, 0.3) is 11.1 Å². The summed E-state index contributed by atoms with van der Waals surface area (Å²) < 4.78 is 7.60. The van der Waals surface area contributed by atoms with Crippen LogP contribution in [0.15, 0.2) is 50.1 Å². The van der Waals surface area contributed by atoms with Gasteiger partial charge >= 0.3 is 5.76 Å². The third-order valence-corrected chi connectivity index (χ3v) is 4.52. The molecule has 0 aliphatic rings. The number of aromatic nitrogens is 1. The number of halogens is 1. The number of aliphatic hydroxyl groups excluding tert-OH is 1. The first-order valence-electron chi connectivity index (χ1n) is 6.51. The molecule has 1 unspecified atom stereocenters. The molecule has 1 atom stereocenters. The molecule has 5 heteroatoms. The number of benzene rings is 2. The Kier molecular flexibility index (Phi) is 3.47. The number of hydrogen-bond donors (Lipinski definition) is 1. The Morgan fingerprint density at radius 3 is 2.57 bits per heavy atom. The molecule has 1 heterocycles. The molecule has 2 aromatic carbocycles. The number of fused-ring (bicyclic) bond motifs is 1. The van der Waals surface area contributed by atoms with E-state index >= 15 is 0 Å². The molecule has 0 spiro atoms. The van der Waals surface area contributed by atoms with E-state index in [-0.39, 0.29) is 0 Å². The lowest BCUT2D eigenvalue weighted by molar-refractivity contribution is 0.220. The second-order valence-electron chi connectivity index (χ2n) is 5.07. The lowest BCUT2D eigenvalue weighted by Crippen LogP contribution is -2.08. The fourth-order valence-electron chi connectivity index (χ4n) is 2.35. The van der Waals surface area contributed by atoms with Gasteiger partial charge in [-0.1, -0.05) is 34.1 Å². The summed E-state index contributed by atoms with van der Waals surface area (Å²) in [7, 11) is 1.66. The molecule has 1 N–H and O–H groups in total. The second kappa shape index (κ2) is 5.16. The Labute approximate surface area is 129 Å². The van der Waals surface area contributed by atoms with Crippen molar-refractivity contribution in [1.29, 1.82) is 0 Å². The van der Waals surface area contributed by atoms with Gasteiger partial charge in [0.15, 0.2) is 5.58 Å². The summed E-state index contributed by atoms with van der Waals surface area (Å²) in [5.74, 6) is -0.406. The fourth-order valence-corrected chi connectivity index (χ4v) is 2.60. The minimum absolute atomic E-state index is 0.406.